The first-order valence-corrected chi connectivity index (χ1v) is 7.08. The van der Waals surface area contributed by atoms with Crippen molar-refractivity contribution in [2.45, 2.75) is 25.8 Å². The van der Waals surface area contributed by atoms with Gasteiger partial charge >= 0.3 is 12.0 Å². The van der Waals surface area contributed by atoms with Gasteiger partial charge in [-0.2, -0.15) is 0 Å². The van der Waals surface area contributed by atoms with Crippen LogP contribution in [0.2, 0.25) is 4.34 Å². The number of hydrogen-bond donors (Lipinski definition) is 2. The fraction of sp³-hybridized carbons (Fsp3) is 0.500. The van der Waals surface area contributed by atoms with E-state index < -0.39 is 5.97 Å². The highest BCUT2D eigenvalue weighted by Crippen LogP contribution is 2.26. The van der Waals surface area contributed by atoms with Gasteiger partial charge in [0.1, 0.15) is 0 Å². The molecule has 106 valence electrons. The summed E-state index contributed by atoms with van der Waals surface area (Å²) in [5.41, 5.74) is 0. The van der Waals surface area contributed by atoms with Gasteiger partial charge in [0.05, 0.1) is 10.4 Å². The normalized spacial score (nSPS) is 11.9. The molecule has 19 heavy (non-hydrogen) atoms. The molecule has 1 rings (SSSR count). The third-order valence-electron chi connectivity index (χ3n) is 2.59. The minimum absolute atomic E-state index is 0.0632. The van der Waals surface area contributed by atoms with Gasteiger partial charge in [-0.1, -0.05) is 11.6 Å². The molecule has 0 aliphatic carbocycles. The van der Waals surface area contributed by atoms with Crippen molar-refractivity contribution in [3.8, 4) is 0 Å². The molecule has 5 nitrogen and oxygen atoms in total. The van der Waals surface area contributed by atoms with E-state index in [1.54, 1.807) is 13.1 Å². The van der Waals surface area contributed by atoms with Crippen LogP contribution in [0.25, 0.3) is 0 Å². The Bertz CT molecular complexity index is 450. The first-order chi connectivity index (χ1) is 8.90. The van der Waals surface area contributed by atoms with Gasteiger partial charge in [-0.25, -0.2) is 4.79 Å². The summed E-state index contributed by atoms with van der Waals surface area (Å²) in [7, 11) is 1.64. The highest BCUT2D eigenvalue weighted by atomic mass is 35.5. The molecule has 0 bridgehead atoms. The van der Waals surface area contributed by atoms with Crippen molar-refractivity contribution in [3.05, 3.63) is 21.3 Å². The van der Waals surface area contributed by atoms with E-state index in [0.717, 1.165) is 4.88 Å². The third-order valence-corrected chi connectivity index (χ3v) is 4.01. The van der Waals surface area contributed by atoms with Crippen molar-refractivity contribution < 1.29 is 14.7 Å². The Morgan fingerprint density at radius 2 is 2.21 bits per heavy atom. The highest BCUT2D eigenvalue weighted by Gasteiger charge is 2.14. The second kappa shape index (κ2) is 7.35. The summed E-state index contributed by atoms with van der Waals surface area (Å²) < 4.78 is 0.686. The van der Waals surface area contributed by atoms with Gasteiger partial charge < -0.3 is 15.3 Å². The Hall–Kier alpha value is -1.27. The van der Waals surface area contributed by atoms with Gasteiger partial charge in [0.25, 0.3) is 0 Å². The third kappa shape index (κ3) is 5.48. The first-order valence-electron chi connectivity index (χ1n) is 5.89. The Balaban J connectivity index is 2.39. The van der Waals surface area contributed by atoms with E-state index in [4.69, 9.17) is 16.7 Å². The average Bonchev–Trinajstić information content (AvgIpc) is 2.75. The number of carbonyl (C=O) groups is 2. The van der Waals surface area contributed by atoms with Crippen molar-refractivity contribution in [3.63, 3.8) is 0 Å². The van der Waals surface area contributed by atoms with E-state index >= 15 is 0 Å². The molecule has 0 fully saturated rings. The fourth-order valence-electron chi connectivity index (χ4n) is 1.50. The monoisotopic (exact) mass is 304 g/mol. The SMILES string of the molecule is CC(NC(=O)N(C)CCCC(=O)O)c1ccc(Cl)s1. The van der Waals surface area contributed by atoms with Crippen LogP contribution in [0.3, 0.4) is 0 Å². The summed E-state index contributed by atoms with van der Waals surface area (Å²) in [4.78, 5) is 24.7. The van der Waals surface area contributed by atoms with Crippen molar-refractivity contribution in [2.24, 2.45) is 0 Å². The summed E-state index contributed by atoms with van der Waals surface area (Å²) in [6, 6.07) is 3.33. The number of halogens is 1. The summed E-state index contributed by atoms with van der Waals surface area (Å²) in [5.74, 6) is -0.851. The van der Waals surface area contributed by atoms with Crippen molar-refractivity contribution in [2.75, 3.05) is 13.6 Å². The second-order valence-electron chi connectivity index (χ2n) is 4.23. The summed E-state index contributed by atoms with van der Waals surface area (Å²) in [5, 5.41) is 11.4. The number of carbonyl (C=O) groups excluding carboxylic acids is 1. The lowest BCUT2D eigenvalue weighted by Crippen LogP contribution is -2.39. The Morgan fingerprint density at radius 3 is 2.74 bits per heavy atom. The maximum absolute atomic E-state index is 11.8. The lowest BCUT2D eigenvalue weighted by Gasteiger charge is -2.20. The molecule has 0 spiro atoms. The van der Waals surface area contributed by atoms with Crippen LogP contribution in [0.15, 0.2) is 12.1 Å². The second-order valence-corrected chi connectivity index (χ2v) is 5.98. The predicted octanol–water partition coefficient (Wildman–Crippen LogP) is 2.97. The van der Waals surface area contributed by atoms with E-state index in [-0.39, 0.29) is 18.5 Å². The van der Waals surface area contributed by atoms with Gasteiger partial charge in [-0.3, -0.25) is 4.79 Å². The predicted molar refractivity (Wildman–Crippen MR) is 75.8 cm³/mol. The first kappa shape index (κ1) is 15.8. The maximum atomic E-state index is 11.8. The van der Waals surface area contributed by atoms with Crippen LogP contribution in [0.5, 0.6) is 0 Å². The molecule has 1 atom stereocenters. The summed E-state index contributed by atoms with van der Waals surface area (Å²) >= 11 is 7.27. The zero-order valence-electron chi connectivity index (χ0n) is 10.9. The average molecular weight is 305 g/mol. The van der Waals surface area contributed by atoms with Crippen LogP contribution in [-0.2, 0) is 4.79 Å². The number of carboxylic acids is 1. The lowest BCUT2D eigenvalue weighted by atomic mass is 10.3. The van der Waals surface area contributed by atoms with Gasteiger partial charge in [0.15, 0.2) is 0 Å². The number of carboxylic acid groups (broad SMARTS) is 1. The summed E-state index contributed by atoms with van der Waals surface area (Å²) in [6.07, 6.45) is 0.506. The topological polar surface area (TPSA) is 69.6 Å². The number of aliphatic carboxylic acids is 1. The summed E-state index contributed by atoms with van der Waals surface area (Å²) in [6.45, 7) is 2.29. The molecule has 0 aliphatic rings. The fourth-order valence-corrected chi connectivity index (χ4v) is 2.56. The molecule has 1 unspecified atom stereocenters. The number of nitrogens with one attached hydrogen (secondary N) is 1. The minimum Gasteiger partial charge on any atom is -0.481 e. The Kier molecular flexibility index (Phi) is 6.11. The quantitative estimate of drug-likeness (QED) is 0.849. The number of hydrogen-bond acceptors (Lipinski definition) is 3. The lowest BCUT2D eigenvalue weighted by molar-refractivity contribution is -0.137. The Labute approximate surface area is 121 Å². The van der Waals surface area contributed by atoms with Gasteiger partial charge in [0.2, 0.25) is 0 Å². The molecule has 2 N–H and O–H groups in total. The number of thiophene rings is 1. The van der Waals surface area contributed by atoms with Crippen molar-refractivity contribution >= 4 is 34.9 Å². The molecule has 0 aliphatic heterocycles. The molecular formula is C12H17ClN2O3S. The van der Waals surface area contributed by atoms with Crippen LogP contribution in [0.1, 0.15) is 30.7 Å². The van der Waals surface area contributed by atoms with E-state index in [2.05, 4.69) is 5.32 Å². The van der Waals surface area contributed by atoms with Crippen LogP contribution in [0, 0.1) is 0 Å². The number of amides is 2. The van der Waals surface area contributed by atoms with Gasteiger partial charge in [-0.15, -0.1) is 11.3 Å². The van der Waals surface area contributed by atoms with E-state index in [1.165, 1.54) is 16.2 Å². The molecule has 7 heteroatoms. The minimum atomic E-state index is -0.851. The molecule has 0 radical (unpaired) electrons. The Morgan fingerprint density at radius 1 is 1.53 bits per heavy atom. The van der Waals surface area contributed by atoms with E-state index in [0.29, 0.717) is 17.3 Å². The maximum Gasteiger partial charge on any atom is 0.317 e. The van der Waals surface area contributed by atoms with Crippen LogP contribution < -0.4 is 5.32 Å². The molecule has 1 aromatic heterocycles. The zero-order chi connectivity index (χ0) is 14.4. The molecule has 0 aromatic carbocycles. The van der Waals surface area contributed by atoms with Gasteiger partial charge in [-0.05, 0) is 25.5 Å². The molecule has 0 saturated carbocycles. The van der Waals surface area contributed by atoms with Gasteiger partial charge in [0, 0.05) is 24.9 Å². The number of rotatable bonds is 6. The molecule has 1 heterocycles. The molecule has 1 aromatic rings. The van der Waals surface area contributed by atoms with Crippen molar-refractivity contribution in [1.82, 2.24) is 10.2 Å². The van der Waals surface area contributed by atoms with Crippen LogP contribution >= 0.6 is 22.9 Å². The molecule has 0 saturated heterocycles. The molecular weight excluding hydrogens is 288 g/mol. The van der Waals surface area contributed by atoms with Crippen LogP contribution in [0.4, 0.5) is 4.79 Å². The highest BCUT2D eigenvalue weighted by molar-refractivity contribution is 7.16. The van der Waals surface area contributed by atoms with Crippen molar-refractivity contribution in [1.29, 1.82) is 0 Å². The zero-order valence-corrected chi connectivity index (χ0v) is 12.4. The number of nitrogens with zero attached hydrogens (tertiary/aromatic N) is 1. The molecule has 2 amide bonds. The standard InChI is InChI=1S/C12H17ClN2O3S/c1-8(9-5-6-10(13)19-9)14-12(18)15(2)7-3-4-11(16)17/h5-6,8H,3-4,7H2,1-2H3,(H,14,18)(H,16,17). The number of urea groups is 1. The van der Waals surface area contributed by atoms with Crippen LogP contribution in [-0.4, -0.2) is 35.6 Å². The van der Waals surface area contributed by atoms with E-state index in [9.17, 15) is 9.59 Å². The largest absolute Gasteiger partial charge is 0.481 e. The van der Waals surface area contributed by atoms with E-state index in [1.807, 2.05) is 13.0 Å². The smallest absolute Gasteiger partial charge is 0.317 e.